The second-order valence-electron chi connectivity index (χ2n) is 5.36. The molecule has 6 heteroatoms. The van der Waals surface area contributed by atoms with Gasteiger partial charge in [-0.25, -0.2) is 9.78 Å². The fourth-order valence-electron chi connectivity index (χ4n) is 2.60. The van der Waals surface area contributed by atoms with E-state index in [2.05, 4.69) is 15.6 Å². The Bertz CT molecular complexity index is 473. The summed E-state index contributed by atoms with van der Waals surface area (Å²) in [5, 5.41) is 5.89. The predicted octanol–water partition coefficient (Wildman–Crippen LogP) is 3.22. The molecule has 0 bridgehead atoms. The van der Waals surface area contributed by atoms with Crippen LogP contribution in [0.3, 0.4) is 0 Å². The Hall–Kier alpha value is -1.98. The van der Waals surface area contributed by atoms with Gasteiger partial charge in [-0.2, -0.15) is 0 Å². The molecule has 0 radical (unpaired) electrons. The molecule has 0 aliphatic heterocycles. The standard InChI is InChI=1S/C15H24N4O2/c1-2-21-15(20)18-12-8-9-13(19-14(12)16)17-10-11-6-4-3-5-7-11/h8-9,11H,2-7,10H2,1H3,(H,18,20)(H3,16,17,19). The maximum atomic E-state index is 11.3. The van der Waals surface area contributed by atoms with Crippen molar-refractivity contribution < 1.29 is 9.53 Å². The summed E-state index contributed by atoms with van der Waals surface area (Å²) in [6, 6.07) is 3.56. The molecule has 1 amide bonds. The first-order chi connectivity index (χ1) is 10.2. The molecule has 0 aromatic carbocycles. The van der Waals surface area contributed by atoms with Gasteiger partial charge in [-0.05, 0) is 37.8 Å². The highest BCUT2D eigenvalue weighted by atomic mass is 16.5. The summed E-state index contributed by atoms with van der Waals surface area (Å²) in [7, 11) is 0. The minimum Gasteiger partial charge on any atom is -0.450 e. The molecule has 21 heavy (non-hydrogen) atoms. The highest BCUT2D eigenvalue weighted by molar-refractivity contribution is 5.88. The van der Waals surface area contributed by atoms with Gasteiger partial charge in [0.1, 0.15) is 11.6 Å². The van der Waals surface area contributed by atoms with Crippen molar-refractivity contribution in [1.29, 1.82) is 0 Å². The topological polar surface area (TPSA) is 89.3 Å². The second-order valence-corrected chi connectivity index (χ2v) is 5.36. The number of rotatable bonds is 5. The van der Waals surface area contributed by atoms with Gasteiger partial charge in [0.2, 0.25) is 0 Å². The highest BCUT2D eigenvalue weighted by Crippen LogP contribution is 2.24. The van der Waals surface area contributed by atoms with E-state index in [1.807, 2.05) is 6.07 Å². The van der Waals surface area contributed by atoms with E-state index < -0.39 is 6.09 Å². The molecular formula is C15H24N4O2. The minimum atomic E-state index is -0.520. The van der Waals surface area contributed by atoms with Crippen LogP contribution in [0.25, 0.3) is 0 Å². The average molecular weight is 292 g/mol. The van der Waals surface area contributed by atoms with Crippen LogP contribution in [0.5, 0.6) is 0 Å². The van der Waals surface area contributed by atoms with Gasteiger partial charge in [0.15, 0.2) is 0 Å². The maximum absolute atomic E-state index is 11.3. The van der Waals surface area contributed by atoms with E-state index in [0.717, 1.165) is 18.3 Å². The molecule has 1 aliphatic carbocycles. The van der Waals surface area contributed by atoms with Crippen LogP contribution < -0.4 is 16.4 Å². The summed E-state index contributed by atoms with van der Waals surface area (Å²) in [5.41, 5.74) is 6.32. The first-order valence-corrected chi connectivity index (χ1v) is 7.63. The van der Waals surface area contributed by atoms with E-state index in [-0.39, 0.29) is 5.82 Å². The van der Waals surface area contributed by atoms with Crippen LogP contribution in [0, 0.1) is 5.92 Å². The van der Waals surface area contributed by atoms with Crippen molar-refractivity contribution in [3.8, 4) is 0 Å². The number of pyridine rings is 1. The zero-order valence-corrected chi connectivity index (χ0v) is 12.5. The van der Waals surface area contributed by atoms with E-state index in [4.69, 9.17) is 10.5 Å². The number of aromatic nitrogens is 1. The summed E-state index contributed by atoms with van der Waals surface area (Å²) in [4.78, 5) is 15.6. The van der Waals surface area contributed by atoms with E-state index in [0.29, 0.717) is 12.3 Å². The lowest BCUT2D eigenvalue weighted by Gasteiger charge is -2.22. The van der Waals surface area contributed by atoms with Gasteiger partial charge in [0, 0.05) is 6.54 Å². The van der Waals surface area contributed by atoms with Crippen molar-refractivity contribution in [3.05, 3.63) is 12.1 Å². The van der Waals surface area contributed by atoms with Crippen molar-refractivity contribution in [2.75, 3.05) is 29.5 Å². The Kier molecular flexibility index (Phi) is 5.66. The number of carbonyl (C=O) groups is 1. The molecule has 1 heterocycles. The SMILES string of the molecule is CCOC(=O)Nc1ccc(NCC2CCCCC2)nc1N. The molecule has 0 unspecified atom stereocenters. The Labute approximate surface area is 125 Å². The van der Waals surface area contributed by atoms with Crippen molar-refractivity contribution in [2.45, 2.75) is 39.0 Å². The monoisotopic (exact) mass is 292 g/mol. The summed E-state index contributed by atoms with van der Waals surface area (Å²) in [5.74, 6) is 1.75. The summed E-state index contributed by atoms with van der Waals surface area (Å²) >= 11 is 0. The lowest BCUT2D eigenvalue weighted by Crippen LogP contribution is -2.18. The zero-order valence-electron chi connectivity index (χ0n) is 12.5. The highest BCUT2D eigenvalue weighted by Gasteiger charge is 2.13. The Morgan fingerprint density at radius 2 is 2.14 bits per heavy atom. The van der Waals surface area contributed by atoms with Crippen molar-refractivity contribution in [3.63, 3.8) is 0 Å². The van der Waals surface area contributed by atoms with Gasteiger partial charge in [0.25, 0.3) is 0 Å². The van der Waals surface area contributed by atoms with E-state index in [1.165, 1.54) is 32.1 Å². The second kappa shape index (κ2) is 7.71. The fourth-order valence-corrected chi connectivity index (χ4v) is 2.60. The van der Waals surface area contributed by atoms with Crippen LogP contribution in [0.15, 0.2) is 12.1 Å². The number of hydrogen-bond acceptors (Lipinski definition) is 5. The van der Waals surface area contributed by atoms with E-state index in [1.54, 1.807) is 13.0 Å². The number of hydrogen-bond donors (Lipinski definition) is 3. The largest absolute Gasteiger partial charge is 0.450 e. The molecule has 6 nitrogen and oxygen atoms in total. The van der Waals surface area contributed by atoms with Crippen LogP contribution in [0.1, 0.15) is 39.0 Å². The van der Waals surface area contributed by atoms with Gasteiger partial charge in [-0.1, -0.05) is 19.3 Å². The number of carbonyl (C=O) groups excluding carboxylic acids is 1. The summed E-state index contributed by atoms with van der Waals surface area (Å²) in [6.07, 6.45) is 6.05. The Morgan fingerprint density at radius 3 is 2.81 bits per heavy atom. The third kappa shape index (κ3) is 4.81. The fraction of sp³-hybridized carbons (Fsp3) is 0.600. The molecule has 0 spiro atoms. The van der Waals surface area contributed by atoms with E-state index >= 15 is 0 Å². The lowest BCUT2D eigenvalue weighted by atomic mass is 9.89. The van der Waals surface area contributed by atoms with Crippen LogP contribution in [-0.4, -0.2) is 24.2 Å². The normalized spacial score (nSPS) is 15.5. The first-order valence-electron chi connectivity index (χ1n) is 7.63. The smallest absolute Gasteiger partial charge is 0.411 e. The van der Waals surface area contributed by atoms with Crippen molar-refractivity contribution in [2.24, 2.45) is 5.92 Å². The lowest BCUT2D eigenvalue weighted by molar-refractivity contribution is 0.168. The van der Waals surface area contributed by atoms with Crippen LogP contribution in [0.2, 0.25) is 0 Å². The minimum absolute atomic E-state index is 0.289. The summed E-state index contributed by atoms with van der Waals surface area (Å²) < 4.78 is 4.81. The number of amides is 1. The molecule has 1 aromatic rings. The quantitative estimate of drug-likeness (QED) is 0.775. The number of nitrogen functional groups attached to an aromatic ring is 1. The number of nitrogens with one attached hydrogen (secondary N) is 2. The Balaban J connectivity index is 1.87. The molecule has 1 saturated carbocycles. The number of anilines is 3. The van der Waals surface area contributed by atoms with Crippen LogP contribution in [0.4, 0.5) is 22.1 Å². The third-order valence-corrected chi connectivity index (χ3v) is 3.73. The van der Waals surface area contributed by atoms with Gasteiger partial charge < -0.3 is 15.8 Å². The molecule has 2 rings (SSSR count). The molecule has 1 fully saturated rings. The zero-order chi connectivity index (χ0) is 15.1. The van der Waals surface area contributed by atoms with Crippen LogP contribution >= 0.6 is 0 Å². The van der Waals surface area contributed by atoms with Gasteiger partial charge in [-0.3, -0.25) is 5.32 Å². The summed E-state index contributed by atoms with van der Waals surface area (Å²) in [6.45, 7) is 3.00. The number of ether oxygens (including phenoxy) is 1. The molecular weight excluding hydrogens is 268 g/mol. The van der Waals surface area contributed by atoms with Gasteiger partial charge in [0.05, 0.1) is 12.3 Å². The number of nitrogens with zero attached hydrogens (tertiary/aromatic N) is 1. The third-order valence-electron chi connectivity index (χ3n) is 3.73. The molecule has 1 aromatic heterocycles. The molecule has 116 valence electrons. The van der Waals surface area contributed by atoms with Gasteiger partial charge in [-0.15, -0.1) is 0 Å². The van der Waals surface area contributed by atoms with Gasteiger partial charge >= 0.3 is 6.09 Å². The Morgan fingerprint density at radius 1 is 1.38 bits per heavy atom. The van der Waals surface area contributed by atoms with Crippen molar-refractivity contribution >= 4 is 23.4 Å². The molecule has 0 saturated heterocycles. The van der Waals surface area contributed by atoms with Crippen molar-refractivity contribution in [1.82, 2.24) is 4.98 Å². The average Bonchev–Trinajstić information content (AvgIpc) is 2.49. The molecule has 4 N–H and O–H groups in total. The first kappa shape index (κ1) is 15.4. The maximum Gasteiger partial charge on any atom is 0.411 e. The predicted molar refractivity (Wildman–Crippen MR) is 84.4 cm³/mol. The number of nitrogens with two attached hydrogens (primary N) is 1. The van der Waals surface area contributed by atoms with Crippen LogP contribution in [-0.2, 0) is 4.74 Å². The molecule has 1 aliphatic rings. The van der Waals surface area contributed by atoms with E-state index in [9.17, 15) is 4.79 Å². The molecule has 0 atom stereocenters.